The van der Waals surface area contributed by atoms with Gasteiger partial charge in [0.05, 0.1) is 6.07 Å². The van der Waals surface area contributed by atoms with E-state index in [1.165, 1.54) is 0 Å². The maximum Gasteiger partial charge on any atom is 0.251 e. The number of piperazine rings is 1. The van der Waals surface area contributed by atoms with Crippen LogP contribution in [0.2, 0.25) is 0 Å². The van der Waals surface area contributed by atoms with E-state index in [1.54, 1.807) is 0 Å². The highest BCUT2D eigenvalue weighted by molar-refractivity contribution is 5.81. The van der Waals surface area contributed by atoms with Crippen LogP contribution in [0, 0.1) is 11.3 Å². The molecule has 2 heterocycles. The lowest BCUT2D eigenvalue weighted by Gasteiger charge is -2.41. The van der Waals surface area contributed by atoms with Gasteiger partial charge in [0.1, 0.15) is 11.6 Å². The molecule has 0 spiro atoms. The first-order valence-electron chi connectivity index (χ1n) is 7.11. The summed E-state index contributed by atoms with van der Waals surface area (Å²) in [5.74, 6) is 0.133. The molecule has 2 aliphatic heterocycles. The van der Waals surface area contributed by atoms with Gasteiger partial charge in [0.15, 0.2) is 0 Å². The molecule has 2 fully saturated rings. The number of rotatable bonds is 2. The summed E-state index contributed by atoms with van der Waals surface area (Å²) in [6.07, 6.45) is 2.76. The van der Waals surface area contributed by atoms with Gasteiger partial charge in [-0.15, -0.1) is 0 Å². The molecule has 0 aromatic carbocycles. The van der Waals surface area contributed by atoms with E-state index in [2.05, 4.69) is 11.0 Å². The summed E-state index contributed by atoms with van der Waals surface area (Å²) in [5, 5.41) is 9.13. The Morgan fingerprint density at radius 1 is 1.26 bits per heavy atom. The lowest BCUT2D eigenvalue weighted by molar-refractivity contribution is -0.148. The van der Waals surface area contributed by atoms with E-state index in [1.807, 2.05) is 18.7 Å². The average Bonchev–Trinajstić information content (AvgIpc) is 2.47. The SMILES string of the molecule is CC(C)(C#N)N1CCN(C(=O)C2CCCCO2)CC1. The van der Waals surface area contributed by atoms with Crippen LogP contribution in [-0.2, 0) is 9.53 Å². The van der Waals surface area contributed by atoms with Crippen molar-refractivity contribution < 1.29 is 9.53 Å². The van der Waals surface area contributed by atoms with Crippen LogP contribution in [0.5, 0.6) is 0 Å². The molecule has 2 rings (SSSR count). The van der Waals surface area contributed by atoms with Crippen molar-refractivity contribution in [2.45, 2.75) is 44.8 Å². The second-order valence-electron chi connectivity index (χ2n) is 5.84. The Kier molecular flexibility index (Phi) is 4.43. The molecular formula is C14H23N3O2. The van der Waals surface area contributed by atoms with Gasteiger partial charge in [-0.3, -0.25) is 9.69 Å². The molecule has 1 atom stereocenters. The smallest absolute Gasteiger partial charge is 0.251 e. The zero-order valence-electron chi connectivity index (χ0n) is 11.9. The molecule has 106 valence electrons. The zero-order chi connectivity index (χ0) is 13.9. The van der Waals surface area contributed by atoms with E-state index in [4.69, 9.17) is 10.00 Å². The molecule has 1 unspecified atom stereocenters. The second-order valence-corrected chi connectivity index (χ2v) is 5.84. The van der Waals surface area contributed by atoms with Crippen LogP contribution in [0.25, 0.3) is 0 Å². The summed E-state index contributed by atoms with van der Waals surface area (Å²) in [6.45, 7) is 7.48. The summed E-state index contributed by atoms with van der Waals surface area (Å²) >= 11 is 0. The molecule has 0 aliphatic carbocycles. The summed E-state index contributed by atoms with van der Waals surface area (Å²) in [6, 6.07) is 2.32. The predicted molar refractivity (Wildman–Crippen MR) is 71.4 cm³/mol. The molecule has 5 heteroatoms. The predicted octanol–water partition coefficient (Wildman–Crippen LogP) is 1.00. The number of amides is 1. The molecule has 5 nitrogen and oxygen atoms in total. The maximum atomic E-state index is 12.3. The molecule has 0 aromatic rings. The van der Waals surface area contributed by atoms with Crippen LogP contribution in [0.15, 0.2) is 0 Å². The molecule has 2 saturated heterocycles. The average molecular weight is 265 g/mol. The number of ether oxygens (including phenoxy) is 1. The Labute approximate surface area is 115 Å². The topological polar surface area (TPSA) is 56.6 Å². The number of nitrogens with zero attached hydrogens (tertiary/aromatic N) is 3. The minimum atomic E-state index is -0.448. The van der Waals surface area contributed by atoms with E-state index in [0.717, 1.165) is 32.4 Å². The normalized spacial score (nSPS) is 25.9. The molecule has 1 amide bonds. The Morgan fingerprint density at radius 2 is 1.95 bits per heavy atom. The molecule has 0 saturated carbocycles. The number of hydrogen-bond acceptors (Lipinski definition) is 4. The van der Waals surface area contributed by atoms with Crippen LogP contribution in [0.3, 0.4) is 0 Å². The van der Waals surface area contributed by atoms with Crippen LogP contribution in [0.1, 0.15) is 33.1 Å². The first-order valence-corrected chi connectivity index (χ1v) is 7.11. The third-order valence-corrected chi connectivity index (χ3v) is 4.11. The van der Waals surface area contributed by atoms with E-state index in [-0.39, 0.29) is 12.0 Å². The van der Waals surface area contributed by atoms with Gasteiger partial charge in [-0.05, 0) is 33.1 Å². The van der Waals surface area contributed by atoms with E-state index < -0.39 is 5.54 Å². The maximum absolute atomic E-state index is 12.3. The van der Waals surface area contributed by atoms with Gasteiger partial charge in [-0.1, -0.05) is 0 Å². The van der Waals surface area contributed by atoms with E-state index in [0.29, 0.717) is 19.7 Å². The Bertz CT molecular complexity index is 361. The van der Waals surface area contributed by atoms with Gasteiger partial charge in [-0.2, -0.15) is 5.26 Å². The number of nitriles is 1. The van der Waals surface area contributed by atoms with Crippen molar-refractivity contribution in [3.8, 4) is 6.07 Å². The van der Waals surface area contributed by atoms with Crippen molar-refractivity contribution in [2.24, 2.45) is 0 Å². The van der Waals surface area contributed by atoms with Crippen LogP contribution < -0.4 is 0 Å². The Hall–Kier alpha value is -1.12. The molecule has 0 N–H and O–H groups in total. The van der Waals surface area contributed by atoms with Gasteiger partial charge in [0.2, 0.25) is 0 Å². The lowest BCUT2D eigenvalue weighted by Crippen LogP contribution is -2.57. The summed E-state index contributed by atoms with van der Waals surface area (Å²) in [7, 11) is 0. The highest BCUT2D eigenvalue weighted by Crippen LogP contribution is 2.19. The van der Waals surface area contributed by atoms with Gasteiger partial charge >= 0.3 is 0 Å². The fraction of sp³-hybridized carbons (Fsp3) is 0.857. The van der Waals surface area contributed by atoms with Crippen LogP contribution in [0.4, 0.5) is 0 Å². The highest BCUT2D eigenvalue weighted by atomic mass is 16.5. The van der Waals surface area contributed by atoms with Crippen molar-refractivity contribution in [3.05, 3.63) is 0 Å². The molecule has 0 bridgehead atoms. The molecule has 0 aromatic heterocycles. The Morgan fingerprint density at radius 3 is 2.47 bits per heavy atom. The van der Waals surface area contributed by atoms with E-state index in [9.17, 15) is 4.79 Å². The van der Waals surface area contributed by atoms with Crippen molar-refractivity contribution in [2.75, 3.05) is 32.8 Å². The van der Waals surface area contributed by atoms with Gasteiger partial charge in [-0.25, -0.2) is 0 Å². The summed E-state index contributed by atoms with van der Waals surface area (Å²) in [5.41, 5.74) is -0.448. The number of carbonyl (C=O) groups excluding carboxylic acids is 1. The molecular weight excluding hydrogens is 242 g/mol. The van der Waals surface area contributed by atoms with Crippen molar-refractivity contribution in [3.63, 3.8) is 0 Å². The standard InChI is InChI=1S/C14H23N3O2/c1-14(2,11-15)17-8-6-16(7-9-17)13(18)12-5-3-4-10-19-12/h12H,3-10H2,1-2H3. The van der Waals surface area contributed by atoms with Crippen LogP contribution >= 0.6 is 0 Å². The number of hydrogen-bond donors (Lipinski definition) is 0. The minimum Gasteiger partial charge on any atom is -0.368 e. The minimum absolute atomic E-state index is 0.133. The first-order chi connectivity index (χ1) is 9.04. The monoisotopic (exact) mass is 265 g/mol. The lowest BCUT2D eigenvalue weighted by atomic mass is 10.0. The third-order valence-electron chi connectivity index (χ3n) is 4.11. The fourth-order valence-electron chi connectivity index (χ4n) is 2.70. The quantitative estimate of drug-likeness (QED) is 0.747. The third kappa shape index (κ3) is 3.26. The summed E-state index contributed by atoms with van der Waals surface area (Å²) < 4.78 is 5.55. The van der Waals surface area contributed by atoms with Crippen molar-refractivity contribution >= 4 is 5.91 Å². The molecule has 0 radical (unpaired) electrons. The summed E-state index contributed by atoms with van der Waals surface area (Å²) in [4.78, 5) is 16.3. The molecule has 19 heavy (non-hydrogen) atoms. The van der Waals surface area contributed by atoms with Gasteiger partial charge < -0.3 is 9.64 Å². The largest absolute Gasteiger partial charge is 0.368 e. The number of carbonyl (C=O) groups is 1. The van der Waals surface area contributed by atoms with E-state index >= 15 is 0 Å². The van der Waals surface area contributed by atoms with Crippen LogP contribution in [-0.4, -0.2) is 60.1 Å². The Balaban J connectivity index is 1.86. The highest BCUT2D eigenvalue weighted by Gasteiger charge is 2.33. The van der Waals surface area contributed by atoms with Crippen molar-refractivity contribution in [1.29, 1.82) is 5.26 Å². The molecule has 2 aliphatic rings. The first kappa shape index (κ1) is 14.3. The van der Waals surface area contributed by atoms with Crippen molar-refractivity contribution in [1.82, 2.24) is 9.80 Å². The fourth-order valence-corrected chi connectivity index (χ4v) is 2.70. The zero-order valence-corrected chi connectivity index (χ0v) is 11.9. The van der Waals surface area contributed by atoms with Gasteiger partial charge in [0.25, 0.3) is 5.91 Å². The second kappa shape index (κ2) is 5.89. The van der Waals surface area contributed by atoms with Gasteiger partial charge in [0, 0.05) is 32.8 Å².